The lowest BCUT2D eigenvalue weighted by Gasteiger charge is -2.21. The zero-order valence-electron chi connectivity index (χ0n) is 12.7. The zero-order chi connectivity index (χ0) is 14.5. The molecule has 0 bridgehead atoms. The third-order valence-electron chi connectivity index (χ3n) is 2.78. The molecule has 0 spiro atoms. The highest BCUT2D eigenvalue weighted by molar-refractivity contribution is 9.10. The van der Waals surface area contributed by atoms with Crippen LogP contribution in [0, 0.1) is 5.92 Å². The van der Waals surface area contributed by atoms with Gasteiger partial charge < -0.3 is 5.32 Å². The van der Waals surface area contributed by atoms with E-state index in [1.165, 1.54) is 22.6 Å². The average molecular weight is 344 g/mol. The standard InChI is InChI=1S/C16H26BrNS/c1-12(2)8-9-19-15-7-6-14(17)10-13(15)11-18-16(3,4)5/h6-7,10,12,18H,8-9,11H2,1-5H3. The first kappa shape index (κ1) is 17.1. The fourth-order valence-electron chi connectivity index (χ4n) is 1.59. The predicted molar refractivity (Wildman–Crippen MR) is 90.9 cm³/mol. The molecule has 3 heteroatoms. The van der Waals surface area contributed by atoms with Crippen LogP contribution in [-0.2, 0) is 6.54 Å². The predicted octanol–water partition coefficient (Wildman–Crippen LogP) is 5.48. The van der Waals surface area contributed by atoms with Crippen LogP contribution in [0.5, 0.6) is 0 Å². The molecule has 0 saturated carbocycles. The van der Waals surface area contributed by atoms with Gasteiger partial charge in [0.05, 0.1) is 0 Å². The summed E-state index contributed by atoms with van der Waals surface area (Å²) in [6, 6.07) is 6.60. The van der Waals surface area contributed by atoms with E-state index >= 15 is 0 Å². The number of hydrogen-bond acceptors (Lipinski definition) is 2. The summed E-state index contributed by atoms with van der Waals surface area (Å²) in [6.07, 6.45) is 1.27. The molecule has 0 heterocycles. The van der Waals surface area contributed by atoms with E-state index < -0.39 is 0 Å². The highest BCUT2D eigenvalue weighted by atomic mass is 79.9. The molecule has 1 aromatic rings. The van der Waals surface area contributed by atoms with Crippen LogP contribution in [0.1, 0.15) is 46.6 Å². The molecule has 0 aliphatic rings. The Morgan fingerprint density at radius 3 is 2.53 bits per heavy atom. The first-order valence-corrected chi connectivity index (χ1v) is 8.72. The second-order valence-electron chi connectivity index (χ2n) is 6.39. The highest BCUT2D eigenvalue weighted by Gasteiger charge is 2.11. The second kappa shape index (κ2) is 7.70. The third-order valence-corrected chi connectivity index (χ3v) is 4.43. The van der Waals surface area contributed by atoms with Crippen molar-refractivity contribution in [1.82, 2.24) is 5.32 Å². The molecule has 0 radical (unpaired) electrons. The van der Waals surface area contributed by atoms with Crippen LogP contribution in [-0.4, -0.2) is 11.3 Å². The van der Waals surface area contributed by atoms with Gasteiger partial charge in [-0.05, 0) is 62.6 Å². The van der Waals surface area contributed by atoms with Gasteiger partial charge in [0.15, 0.2) is 0 Å². The van der Waals surface area contributed by atoms with E-state index in [0.29, 0.717) is 0 Å². The molecule has 1 N–H and O–H groups in total. The number of thioether (sulfide) groups is 1. The van der Waals surface area contributed by atoms with Crippen molar-refractivity contribution in [2.45, 2.75) is 58.0 Å². The number of nitrogens with one attached hydrogen (secondary N) is 1. The number of benzene rings is 1. The van der Waals surface area contributed by atoms with Gasteiger partial charge in [0.2, 0.25) is 0 Å². The second-order valence-corrected chi connectivity index (χ2v) is 8.44. The Kier molecular flexibility index (Phi) is 6.92. The quantitative estimate of drug-likeness (QED) is 0.686. The van der Waals surface area contributed by atoms with Crippen LogP contribution >= 0.6 is 27.7 Å². The Morgan fingerprint density at radius 1 is 1.26 bits per heavy atom. The minimum absolute atomic E-state index is 0.155. The Balaban J connectivity index is 2.68. The highest BCUT2D eigenvalue weighted by Crippen LogP contribution is 2.27. The van der Waals surface area contributed by atoms with E-state index in [4.69, 9.17) is 0 Å². The molecule has 1 aromatic carbocycles. The summed E-state index contributed by atoms with van der Waals surface area (Å²) in [5.41, 5.74) is 1.54. The smallest absolute Gasteiger partial charge is 0.0221 e. The lowest BCUT2D eigenvalue weighted by molar-refractivity contribution is 0.422. The summed E-state index contributed by atoms with van der Waals surface area (Å²) >= 11 is 5.54. The Bertz CT molecular complexity index is 396. The largest absolute Gasteiger partial charge is 0.308 e. The summed E-state index contributed by atoms with van der Waals surface area (Å²) in [5.74, 6) is 1.97. The fraction of sp³-hybridized carbons (Fsp3) is 0.625. The maximum absolute atomic E-state index is 3.57. The summed E-state index contributed by atoms with van der Waals surface area (Å²) in [5, 5.41) is 3.57. The van der Waals surface area contributed by atoms with E-state index in [0.717, 1.165) is 16.9 Å². The lowest BCUT2D eigenvalue weighted by Crippen LogP contribution is -2.35. The van der Waals surface area contributed by atoms with Crippen LogP contribution in [0.4, 0.5) is 0 Å². The minimum Gasteiger partial charge on any atom is -0.308 e. The number of halogens is 1. The van der Waals surface area contributed by atoms with Crippen molar-refractivity contribution in [2.24, 2.45) is 5.92 Å². The zero-order valence-corrected chi connectivity index (χ0v) is 15.1. The molecule has 0 amide bonds. The minimum atomic E-state index is 0.155. The van der Waals surface area contributed by atoms with Crippen molar-refractivity contribution in [2.75, 3.05) is 5.75 Å². The molecule has 0 saturated heterocycles. The lowest BCUT2D eigenvalue weighted by atomic mass is 10.1. The molecular weight excluding hydrogens is 318 g/mol. The van der Waals surface area contributed by atoms with Crippen LogP contribution < -0.4 is 5.32 Å². The topological polar surface area (TPSA) is 12.0 Å². The molecule has 0 atom stereocenters. The number of hydrogen-bond donors (Lipinski definition) is 1. The maximum atomic E-state index is 3.57. The first-order valence-electron chi connectivity index (χ1n) is 6.94. The van der Waals surface area contributed by atoms with Gasteiger partial charge in [-0.15, -0.1) is 11.8 Å². The van der Waals surface area contributed by atoms with Crippen molar-refractivity contribution >= 4 is 27.7 Å². The molecular formula is C16H26BrNS. The number of rotatable bonds is 6. The fourth-order valence-corrected chi connectivity index (χ4v) is 3.29. The molecule has 108 valence electrons. The van der Waals surface area contributed by atoms with Gasteiger partial charge in [-0.1, -0.05) is 29.8 Å². The van der Waals surface area contributed by atoms with E-state index in [-0.39, 0.29) is 5.54 Å². The molecule has 0 unspecified atom stereocenters. The van der Waals surface area contributed by atoms with E-state index in [9.17, 15) is 0 Å². The van der Waals surface area contributed by atoms with Gasteiger partial charge in [0.25, 0.3) is 0 Å². The van der Waals surface area contributed by atoms with Crippen LogP contribution in [0.25, 0.3) is 0 Å². The Labute approximate surface area is 131 Å². The molecule has 0 aliphatic carbocycles. The molecule has 0 fully saturated rings. The SMILES string of the molecule is CC(C)CCSc1ccc(Br)cc1CNC(C)(C)C. The van der Waals surface area contributed by atoms with Crippen LogP contribution in [0.15, 0.2) is 27.6 Å². The van der Waals surface area contributed by atoms with Crippen molar-refractivity contribution < 1.29 is 0 Å². The Hall–Kier alpha value is 0.01000. The van der Waals surface area contributed by atoms with Gasteiger partial charge >= 0.3 is 0 Å². The van der Waals surface area contributed by atoms with Gasteiger partial charge in [0, 0.05) is 21.5 Å². The third kappa shape index (κ3) is 7.38. The first-order chi connectivity index (χ1) is 8.78. The van der Waals surface area contributed by atoms with Crippen LogP contribution in [0.2, 0.25) is 0 Å². The summed E-state index contributed by atoms with van der Waals surface area (Å²) < 4.78 is 1.16. The molecule has 19 heavy (non-hydrogen) atoms. The molecule has 0 aromatic heterocycles. The van der Waals surface area contributed by atoms with Crippen molar-refractivity contribution in [3.8, 4) is 0 Å². The summed E-state index contributed by atoms with van der Waals surface area (Å²) in [6.45, 7) is 12.1. The molecule has 1 nitrogen and oxygen atoms in total. The average Bonchev–Trinajstić information content (AvgIpc) is 2.27. The monoisotopic (exact) mass is 343 g/mol. The molecule has 1 rings (SSSR count). The Morgan fingerprint density at radius 2 is 1.95 bits per heavy atom. The van der Waals surface area contributed by atoms with E-state index in [2.05, 4.69) is 74.1 Å². The summed E-state index contributed by atoms with van der Waals surface area (Å²) in [4.78, 5) is 1.40. The van der Waals surface area contributed by atoms with Crippen LogP contribution in [0.3, 0.4) is 0 Å². The van der Waals surface area contributed by atoms with Crippen molar-refractivity contribution in [3.63, 3.8) is 0 Å². The van der Waals surface area contributed by atoms with E-state index in [1.807, 2.05) is 11.8 Å². The van der Waals surface area contributed by atoms with Gasteiger partial charge in [-0.2, -0.15) is 0 Å². The normalized spacial score (nSPS) is 12.2. The summed E-state index contributed by atoms with van der Waals surface area (Å²) in [7, 11) is 0. The van der Waals surface area contributed by atoms with Crippen molar-refractivity contribution in [1.29, 1.82) is 0 Å². The molecule has 0 aliphatic heterocycles. The van der Waals surface area contributed by atoms with E-state index in [1.54, 1.807) is 0 Å². The maximum Gasteiger partial charge on any atom is 0.0221 e. The van der Waals surface area contributed by atoms with Gasteiger partial charge in [-0.25, -0.2) is 0 Å². The van der Waals surface area contributed by atoms with Gasteiger partial charge in [0.1, 0.15) is 0 Å². The van der Waals surface area contributed by atoms with Crippen molar-refractivity contribution in [3.05, 3.63) is 28.2 Å². The van der Waals surface area contributed by atoms with Gasteiger partial charge in [-0.3, -0.25) is 0 Å².